The smallest absolute Gasteiger partial charge is 0.273 e. The highest BCUT2D eigenvalue weighted by atomic mass is 16.4. The van der Waals surface area contributed by atoms with E-state index in [1.165, 1.54) is 0 Å². The molecule has 0 aliphatic carbocycles. The number of carbonyl (C=O) groups excluding carboxylic acids is 1. The van der Waals surface area contributed by atoms with Crippen LogP contribution in [0.2, 0.25) is 0 Å². The number of amides is 1. The number of oxazole rings is 1. The fourth-order valence-corrected chi connectivity index (χ4v) is 1.83. The maximum atomic E-state index is 12.0. The molecule has 2 rings (SSSR count). The first-order valence-electron chi connectivity index (χ1n) is 6.81. The maximum absolute atomic E-state index is 12.0. The Morgan fingerprint density at radius 2 is 2.30 bits per heavy atom. The van der Waals surface area contributed by atoms with E-state index in [1.54, 1.807) is 13.1 Å². The lowest BCUT2D eigenvalue weighted by Crippen LogP contribution is -2.26. The molecule has 1 N–H and O–H groups in total. The molecular formula is C14H20N4O2. The Labute approximate surface area is 118 Å². The van der Waals surface area contributed by atoms with Gasteiger partial charge in [-0.25, -0.2) is 4.98 Å². The lowest BCUT2D eigenvalue weighted by atomic mass is 10.2. The van der Waals surface area contributed by atoms with Gasteiger partial charge in [-0.1, -0.05) is 13.8 Å². The summed E-state index contributed by atoms with van der Waals surface area (Å²) in [6.45, 7) is 7.09. The summed E-state index contributed by atoms with van der Waals surface area (Å²) in [5.74, 6) is 1.16. The zero-order chi connectivity index (χ0) is 14.5. The van der Waals surface area contributed by atoms with Crippen LogP contribution in [-0.2, 0) is 6.54 Å². The van der Waals surface area contributed by atoms with Crippen LogP contribution in [0, 0.1) is 6.92 Å². The topological polar surface area (TPSA) is 73.0 Å². The second-order valence-electron chi connectivity index (χ2n) is 4.99. The quantitative estimate of drug-likeness (QED) is 0.820. The highest BCUT2D eigenvalue weighted by molar-refractivity contribution is 5.93. The van der Waals surface area contributed by atoms with Crippen LogP contribution in [0.4, 0.5) is 0 Å². The van der Waals surface area contributed by atoms with Crippen molar-refractivity contribution in [3.63, 3.8) is 0 Å². The van der Waals surface area contributed by atoms with Crippen molar-refractivity contribution in [2.75, 3.05) is 6.54 Å². The van der Waals surface area contributed by atoms with Crippen LogP contribution in [0.5, 0.6) is 0 Å². The average Bonchev–Trinajstić information content (AvgIpc) is 3.03. The fraction of sp³-hybridized carbons (Fsp3) is 0.500. The monoisotopic (exact) mass is 276 g/mol. The normalized spacial score (nSPS) is 11.0. The highest BCUT2D eigenvalue weighted by Gasteiger charge is 2.18. The zero-order valence-electron chi connectivity index (χ0n) is 12.1. The van der Waals surface area contributed by atoms with Gasteiger partial charge in [0.15, 0.2) is 11.6 Å². The second kappa shape index (κ2) is 6.36. The summed E-state index contributed by atoms with van der Waals surface area (Å²) >= 11 is 0. The third kappa shape index (κ3) is 3.46. The molecule has 6 nitrogen and oxygen atoms in total. The van der Waals surface area contributed by atoms with E-state index in [0.29, 0.717) is 23.9 Å². The first-order valence-corrected chi connectivity index (χ1v) is 6.81. The van der Waals surface area contributed by atoms with Gasteiger partial charge in [-0.2, -0.15) is 5.10 Å². The predicted molar refractivity (Wildman–Crippen MR) is 74.5 cm³/mol. The zero-order valence-corrected chi connectivity index (χ0v) is 12.1. The minimum absolute atomic E-state index is 0.176. The number of aryl methyl sites for hydroxylation is 2. The summed E-state index contributed by atoms with van der Waals surface area (Å²) < 4.78 is 7.31. The van der Waals surface area contributed by atoms with Gasteiger partial charge in [0.1, 0.15) is 5.76 Å². The Kier molecular flexibility index (Phi) is 4.55. The first kappa shape index (κ1) is 14.3. The standard InChI is InChI=1S/C14H20N4O2/c1-10(2)14-17-12(11(3)20-14)13(19)15-6-4-8-18-9-5-7-16-18/h5,7,9-10H,4,6,8H2,1-3H3,(H,15,19). The number of hydrogen-bond donors (Lipinski definition) is 1. The number of rotatable bonds is 6. The van der Waals surface area contributed by atoms with Crippen molar-refractivity contribution < 1.29 is 9.21 Å². The second-order valence-corrected chi connectivity index (χ2v) is 4.99. The Balaban J connectivity index is 1.82. The van der Waals surface area contributed by atoms with Crippen LogP contribution in [0.3, 0.4) is 0 Å². The summed E-state index contributed by atoms with van der Waals surface area (Å²) in [7, 11) is 0. The van der Waals surface area contributed by atoms with Crippen LogP contribution in [0.15, 0.2) is 22.9 Å². The molecule has 0 saturated heterocycles. The van der Waals surface area contributed by atoms with E-state index in [0.717, 1.165) is 13.0 Å². The van der Waals surface area contributed by atoms with Gasteiger partial charge in [-0.3, -0.25) is 9.48 Å². The lowest BCUT2D eigenvalue weighted by molar-refractivity contribution is 0.0946. The van der Waals surface area contributed by atoms with Crippen molar-refractivity contribution in [1.29, 1.82) is 0 Å². The van der Waals surface area contributed by atoms with Crippen LogP contribution >= 0.6 is 0 Å². The summed E-state index contributed by atoms with van der Waals surface area (Å²) in [5.41, 5.74) is 0.382. The number of carbonyl (C=O) groups is 1. The molecule has 0 aromatic carbocycles. The molecule has 0 bridgehead atoms. The van der Waals surface area contributed by atoms with Gasteiger partial charge in [-0.05, 0) is 19.4 Å². The van der Waals surface area contributed by atoms with Gasteiger partial charge in [0.05, 0.1) is 0 Å². The summed E-state index contributed by atoms with van der Waals surface area (Å²) in [6, 6.07) is 1.88. The van der Waals surface area contributed by atoms with Crippen LogP contribution in [0.25, 0.3) is 0 Å². The molecule has 0 aliphatic rings. The molecule has 2 heterocycles. The molecular weight excluding hydrogens is 256 g/mol. The van der Waals surface area contributed by atoms with Gasteiger partial charge in [-0.15, -0.1) is 0 Å². The third-order valence-electron chi connectivity index (χ3n) is 2.93. The molecule has 2 aromatic rings. The number of hydrogen-bond acceptors (Lipinski definition) is 4. The lowest BCUT2D eigenvalue weighted by Gasteiger charge is -2.03. The Morgan fingerprint density at radius 1 is 1.50 bits per heavy atom. The molecule has 0 fully saturated rings. The van der Waals surface area contributed by atoms with Crippen LogP contribution in [0.1, 0.15) is 48.3 Å². The van der Waals surface area contributed by atoms with Gasteiger partial charge in [0.2, 0.25) is 0 Å². The number of nitrogens with one attached hydrogen (secondary N) is 1. The van der Waals surface area contributed by atoms with E-state index in [1.807, 2.05) is 30.8 Å². The van der Waals surface area contributed by atoms with Crippen LogP contribution < -0.4 is 5.32 Å². The first-order chi connectivity index (χ1) is 9.58. The van der Waals surface area contributed by atoms with Crippen molar-refractivity contribution in [2.45, 2.75) is 39.7 Å². The van der Waals surface area contributed by atoms with Gasteiger partial charge >= 0.3 is 0 Å². The SMILES string of the molecule is Cc1oc(C(C)C)nc1C(=O)NCCCn1cccn1. The van der Waals surface area contributed by atoms with E-state index in [4.69, 9.17) is 4.42 Å². The summed E-state index contributed by atoms with van der Waals surface area (Å²) in [4.78, 5) is 16.2. The minimum atomic E-state index is -0.182. The number of nitrogens with zero attached hydrogens (tertiary/aromatic N) is 3. The molecule has 0 atom stereocenters. The van der Waals surface area contributed by atoms with Crippen molar-refractivity contribution in [2.24, 2.45) is 0 Å². The van der Waals surface area contributed by atoms with Gasteiger partial charge in [0.25, 0.3) is 5.91 Å². The molecule has 0 radical (unpaired) electrons. The summed E-state index contributed by atoms with van der Waals surface area (Å²) in [6.07, 6.45) is 4.46. The molecule has 0 spiro atoms. The van der Waals surface area contributed by atoms with Crippen LogP contribution in [-0.4, -0.2) is 27.2 Å². The molecule has 2 aromatic heterocycles. The average molecular weight is 276 g/mol. The van der Waals surface area contributed by atoms with Gasteiger partial charge < -0.3 is 9.73 Å². The van der Waals surface area contributed by atoms with E-state index >= 15 is 0 Å². The minimum Gasteiger partial charge on any atom is -0.445 e. The molecule has 0 unspecified atom stereocenters. The fourth-order valence-electron chi connectivity index (χ4n) is 1.83. The largest absolute Gasteiger partial charge is 0.445 e. The molecule has 0 saturated carbocycles. The Morgan fingerprint density at radius 3 is 2.90 bits per heavy atom. The molecule has 1 amide bonds. The van der Waals surface area contributed by atoms with Crippen molar-refractivity contribution in [1.82, 2.24) is 20.1 Å². The Bertz CT molecular complexity index is 558. The van der Waals surface area contributed by atoms with Gasteiger partial charge in [0, 0.05) is 31.4 Å². The third-order valence-corrected chi connectivity index (χ3v) is 2.93. The van der Waals surface area contributed by atoms with E-state index < -0.39 is 0 Å². The molecule has 6 heteroatoms. The van der Waals surface area contributed by atoms with E-state index in [9.17, 15) is 4.79 Å². The highest BCUT2D eigenvalue weighted by Crippen LogP contribution is 2.17. The van der Waals surface area contributed by atoms with Crippen molar-refractivity contribution >= 4 is 5.91 Å². The number of aromatic nitrogens is 3. The van der Waals surface area contributed by atoms with Crippen molar-refractivity contribution in [3.05, 3.63) is 35.8 Å². The molecule has 0 aliphatic heterocycles. The maximum Gasteiger partial charge on any atom is 0.273 e. The molecule has 108 valence electrons. The summed E-state index contributed by atoms with van der Waals surface area (Å²) in [5, 5.41) is 6.96. The molecule has 20 heavy (non-hydrogen) atoms. The van der Waals surface area contributed by atoms with Crippen molar-refractivity contribution in [3.8, 4) is 0 Å². The Hall–Kier alpha value is -2.11. The van der Waals surface area contributed by atoms with E-state index in [2.05, 4.69) is 15.4 Å². The van der Waals surface area contributed by atoms with E-state index in [-0.39, 0.29) is 11.8 Å². The predicted octanol–water partition coefficient (Wildman–Crippen LogP) is 2.12.